The lowest BCUT2D eigenvalue weighted by Crippen LogP contribution is -2.48. The fraction of sp³-hybridized carbons (Fsp3) is 0.684. The number of rotatable bonds is 8. The van der Waals surface area contributed by atoms with E-state index in [2.05, 4.69) is 19.1 Å². The van der Waals surface area contributed by atoms with Crippen molar-refractivity contribution in [3.8, 4) is 0 Å². The Kier molecular flexibility index (Phi) is 6.73. The lowest BCUT2D eigenvalue weighted by Gasteiger charge is -2.33. The summed E-state index contributed by atoms with van der Waals surface area (Å²) in [6.45, 7) is 2.28. The van der Waals surface area contributed by atoms with Gasteiger partial charge in [-0.25, -0.2) is 0 Å². The monoisotopic (exact) mass is 323 g/mol. The molecule has 1 atom stereocenters. The topological polar surface area (TPSA) is 46.2 Å². The third-order valence-electron chi connectivity index (χ3n) is 4.90. The van der Waals surface area contributed by atoms with E-state index in [1.807, 2.05) is 0 Å². The molecule has 2 rings (SSSR count). The number of unbranched alkanes of at least 4 members (excludes halogenated alkanes) is 5. The van der Waals surface area contributed by atoms with Crippen molar-refractivity contribution in [1.29, 1.82) is 0 Å². The summed E-state index contributed by atoms with van der Waals surface area (Å²) < 4.78 is 0. The van der Waals surface area contributed by atoms with Crippen molar-refractivity contribution in [3.63, 3.8) is 0 Å². The quantitative estimate of drug-likeness (QED) is 0.695. The summed E-state index contributed by atoms with van der Waals surface area (Å²) in [6, 6.07) is 4.42. The van der Waals surface area contributed by atoms with E-state index in [1.54, 1.807) is 0 Å². The number of hydrogen-bond donors (Lipinski definition) is 2. The summed E-state index contributed by atoms with van der Waals surface area (Å²) in [5, 5.41) is 10.3. The van der Waals surface area contributed by atoms with Crippen molar-refractivity contribution >= 4 is 11.6 Å². The Morgan fingerprint density at radius 3 is 2.64 bits per heavy atom. The van der Waals surface area contributed by atoms with Gasteiger partial charge in [-0.1, -0.05) is 56.7 Å². The van der Waals surface area contributed by atoms with Crippen LogP contribution in [0.3, 0.4) is 0 Å². The van der Waals surface area contributed by atoms with Crippen LogP contribution in [-0.2, 0) is 19.3 Å². The molecule has 124 valence electrons. The van der Waals surface area contributed by atoms with Crippen LogP contribution < -0.4 is 5.73 Å². The number of nitrogens with two attached hydrogens (primary N) is 1. The van der Waals surface area contributed by atoms with Crippen LogP contribution in [0, 0.1) is 0 Å². The van der Waals surface area contributed by atoms with Crippen LogP contribution in [0.5, 0.6) is 0 Å². The number of fused-ring (bicyclic) bond motifs is 1. The van der Waals surface area contributed by atoms with E-state index in [1.165, 1.54) is 49.7 Å². The first kappa shape index (κ1) is 17.8. The molecule has 0 aromatic heterocycles. The molecule has 0 aliphatic heterocycles. The summed E-state index contributed by atoms with van der Waals surface area (Å²) >= 11 is 6.48. The van der Waals surface area contributed by atoms with E-state index in [9.17, 15) is 5.11 Å². The summed E-state index contributed by atoms with van der Waals surface area (Å²) in [4.78, 5) is 0. The van der Waals surface area contributed by atoms with Gasteiger partial charge in [-0.05, 0) is 54.9 Å². The highest BCUT2D eigenvalue weighted by Gasteiger charge is 2.31. The van der Waals surface area contributed by atoms with E-state index in [0.29, 0.717) is 6.42 Å². The first-order chi connectivity index (χ1) is 10.6. The van der Waals surface area contributed by atoms with Crippen LogP contribution in [0.25, 0.3) is 0 Å². The maximum Gasteiger partial charge on any atom is 0.0614 e. The molecule has 0 amide bonds. The van der Waals surface area contributed by atoms with Gasteiger partial charge in [0.05, 0.1) is 6.61 Å². The SMILES string of the molecule is CCCCCCCCc1cc(Cl)c2c(c1)CCC(N)(CO)C2. The molecule has 1 aromatic carbocycles. The molecule has 3 heteroatoms. The maximum absolute atomic E-state index is 9.46. The fourth-order valence-electron chi connectivity index (χ4n) is 3.39. The lowest BCUT2D eigenvalue weighted by molar-refractivity contribution is 0.181. The van der Waals surface area contributed by atoms with Gasteiger partial charge in [-0.15, -0.1) is 0 Å². The summed E-state index contributed by atoms with van der Waals surface area (Å²) in [6.07, 6.45) is 11.5. The molecular formula is C19H30ClNO. The van der Waals surface area contributed by atoms with Crippen molar-refractivity contribution in [1.82, 2.24) is 0 Å². The van der Waals surface area contributed by atoms with Crippen molar-refractivity contribution in [2.45, 2.75) is 76.7 Å². The molecule has 0 saturated carbocycles. The van der Waals surface area contributed by atoms with Crippen LogP contribution in [0.2, 0.25) is 5.02 Å². The van der Waals surface area contributed by atoms with Crippen LogP contribution in [0.1, 0.15) is 68.6 Å². The summed E-state index contributed by atoms with van der Waals surface area (Å²) in [5.74, 6) is 0. The lowest BCUT2D eigenvalue weighted by atomic mass is 9.78. The Balaban J connectivity index is 1.92. The molecule has 0 fully saturated rings. The van der Waals surface area contributed by atoms with Crippen molar-refractivity contribution in [2.24, 2.45) is 5.73 Å². The Morgan fingerprint density at radius 2 is 1.91 bits per heavy atom. The summed E-state index contributed by atoms with van der Waals surface area (Å²) in [5.41, 5.74) is 9.56. The molecule has 0 radical (unpaired) electrons. The smallest absolute Gasteiger partial charge is 0.0614 e. The van der Waals surface area contributed by atoms with Crippen LogP contribution in [0.15, 0.2) is 12.1 Å². The third kappa shape index (κ3) is 4.71. The van der Waals surface area contributed by atoms with Crippen molar-refractivity contribution < 1.29 is 5.11 Å². The highest BCUT2D eigenvalue weighted by molar-refractivity contribution is 6.31. The molecule has 0 spiro atoms. The third-order valence-corrected chi connectivity index (χ3v) is 5.24. The second-order valence-corrected chi connectivity index (χ2v) is 7.34. The Labute approximate surface area is 140 Å². The predicted molar refractivity (Wildman–Crippen MR) is 94.6 cm³/mol. The van der Waals surface area contributed by atoms with Gasteiger partial charge in [0, 0.05) is 10.6 Å². The van der Waals surface area contributed by atoms with Gasteiger partial charge in [0.1, 0.15) is 0 Å². The minimum absolute atomic E-state index is 0.0300. The highest BCUT2D eigenvalue weighted by atomic mass is 35.5. The Hall–Kier alpha value is -0.570. The Morgan fingerprint density at radius 1 is 1.18 bits per heavy atom. The molecular weight excluding hydrogens is 294 g/mol. The zero-order valence-corrected chi connectivity index (χ0v) is 14.6. The van der Waals surface area contributed by atoms with Gasteiger partial charge in [-0.3, -0.25) is 0 Å². The van der Waals surface area contributed by atoms with E-state index >= 15 is 0 Å². The normalized spacial score (nSPS) is 20.9. The molecule has 3 N–H and O–H groups in total. The van der Waals surface area contributed by atoms with E-state index < -0.39 is 5.54 Å². The number of hydrogen-bond acceptors (Lipinski definition) is 2. The fourth-order valence-corrected chi connectivity index (χ4v) is 3.72. The van der Waals surface area contributed by atoms with Crippen molar-refractivity contribution in [3.05, 3.63) is 33.8 Å². The second kappa shape index (κ2) is 8.33. The van der Waals surface area contributed by atoms with Gasteiger partial charge >= 0.3 is 0 Å². The number of aliphatic hydroxyl groups is 1. The molecule has 1 aromatic rings. The van der Waals surface area contributed by atoms with Crippen LogP contribution in [-0.4, -0.2) is 17.3 Å². The van der Waals surface area contributed by atoms with E-state index in [-0.39, 0.29) is 6.61 Å². The molecule has 22 heavy (non-hydrogen) atoms. The second-order valence-electron chi connectivity index (χ2n) is 6.93. The molecule has 2 nitrogen and oxygen atoms in total. The molecule has 1 aliphatic rings. The minimum Gasteiger partial charge on any atom is -0.394 e. The maximum atomic E-state index is 9.46. The number of halogens is 1. The molecule has 0 heterocycles. The van der Waals surface area contributed by atoms with E-state index in [0.717, 1.165) is 29.8 Å². The van der Waals surface area contributed by atoms with Crippen molar-refractivity contribution in [2.75, 3.05) is 6.61 Å². The first-order valence-corrected chi connectivity index (χ1v) is 9.15. The first-order valence-electron chi connectivity index (χ1n) is 8.78. The molecule has 0 bridgehead atoms. The predicted octanol–water partition coefficient (Wildman–Crippen LogP) is 4.42. The van der Waals surface area contributed by atoms with Gasteiger partial charge in [-0.2, -0.15) is 0 Å². The van der Waals surface area contributed by atoms with Crippen LogP contribution >= 0.6 is 11.6 Å². The average molecular weight is 324 g/mol. The molecule has 1 unspecified atom stereocenters. The van der Waals surface area contributed by atoms with Gasteiger partial charge in [0.2, 0.25) is 0 Å². The van der Waals surface area contributed by atoms with Gasteiger partial charge in [0.15, 0.2) is 0 Å². The molecule has 0 saturated heterocycles. The highest BCUT2D eigenvalue weighted by Crippen LogP contribution is 2.33. The number of aryl methyl sites for hydroxylation is 2. The van der Waals surface area contributed by atoms with Gasteiger partial charge in [0.25, 0.3) is 0 Å². The number of aliphatic hydroxyl groups excluding tert-OH is 1. The largest absolute Gasteiger partial charge is 0.394 e. The summed E-state index contributed by atoms with van der Waals surface area (Å²) in [7, 11) is 0. The minimum atomic E-state index is -0.489. The number of benzene rings is 1. The van der Waals surface area contributed by atoms with Crippen LogP contribution in [0.4, 0.5) is 0 Å². The van der Waals surface area contributed by atoms with Gasteiger partial charge < -0.3 is 10.8 Å². The average Bonchev–Trinajstić information content (AvgIpc) is 2.52. The van der Waals surface area contributed by atoms with E-state index in [4.69, 9.17) is 17.3 Å². The zero-order chi connectivity index (χ0) is 16.0. The Bertz CT molecular complexity index is 489. The molecule has 1 aliphatic carbocycles. The zero-order valence-electron chi connectivity index (χ0n) is 13.8. The standard InChI is InChI=1S/C19H30ClNO/c1-2-3-4-5-6-7-8-15-11-16-9-10-19(21,14-22)13-17(16)18(20)12-15/h11-12,22H,2-10,13-14,21H2,1H3.